The first-order valence-corrected chi connectivity index (χ1v) is 11.0. The molecule has 0 aliphatic rings. The van der Waals surface area contributed by atoms with Crippen LogP contribution in [0.15, 0.2) is 22.5 Å². The van der Waals surface area contributed by atoms with E-state index >= 15 is 0 Å². The molecule has 1 rings (SSSR count). The molecule has 2 N–H and O–H groups in total. The van der Waals surface area contributed by atoms with E-state index in [9.17, 15) is 8.42 Å². The summed E-state index contributed by atoms with van der Waals surface area (Å²) < 4.78 is 22.5. The highest BCUT2D eigenvalue weighted by Gasteiger charge is 2.10. The van der Waals surface area contributed by atoms with Crippen molar-refractivity contribution < 1.29 is 8.42 Å². The van der Waals surface area contributed by atoms with Gasteiger partial charge in [-0.3, -0.25) is 4.99 Å². The molecular formula is C16H30IN3O2S2. The smallest absolute Gasteiger partial charge is 0.191 e. The van der Waals surface area contributed by atoms with Crippen molar-refractivity contribution in [1.29, 1.82) is 0 Å². The molecule has 5 nitrogen and oxygen atoms in total. The van der Waals surface area contributed by atoms with Gasteiger partial charge >= 0.3 is 0 Å². The van der Waals surface area contributed by atoms with Crippen molar-refractivity contribution in [2.24, 2.45) is 10.9 Å². The molecule has 8 heteroatoms. The molecule has 0 radical (unpaired) electrons. The maximum Gasteiger partial charge on any atom is 0.191 e. The van der Waals surface area contributed by atoms with Gasteiger partial charge in [0.05, 0.1) is 5.75 Å². The van der Waals surface area contributed by atoms with E-state index in [1.807, 2.05) is 13.8 Å². The lowest BCUT2D eigenvalue weighted by molar-refractivity contribution is 0.573. The number of nitrogens with one attached hydrogen (secondary N) is 2. The minimum Gasteiger partial charge on any atom is -0.357 e. The second-order valence-corrected chi connectivity index (χ2v) is 9.36. The van der Waals surface area contributed by atoms with E-state index in [-0.39, 0.29) is 35.8 Å². The van der Waals surface area contributed by atoms with Gasteiger partial charge in [-0.25, -0.2) is 8.42 Å². The molecule has 0 saturated heterocycles. The molecule has 0 aromatic carbocycles. The number of aliphatic imine (C=N–C) groups is 1. The maximum atomic E-state index is 11.2. The van der Waals surface area contributed by atoms with Crippen LogP contribution < -0.4 is 10.6 Å². The van der Waals surface area contributed by atoms with E-state index in [0.717, 1.165) is 25.5 Å². The van der Waals surface area contributed by atoms with E-state index in [2.05, 4.69) is 40.1 Å². The van der Waals surface area contributed by atoms with Gasteiger partial charge in [0.25, 0.3) is 0 Å². The first kappa shape index (κ1) is 23.6. The largest absolute Gasteiger partial charge is 0.357 e. The molecule has 0 saturated carbocycles. The summed E-state index contributed by atoms with van der Waals surface area (Å²) in [4.78, 5) is 6.01. The topological polar surface area (TPSA) is 70.6 Å². The van der Waals surface area contributed by atoms with Gasteiger partial charge in [-0.1, -0.05) is 13.0 Å². The second-order valence-electron chi connectivity index (χ2n) is 6.07. The molecule has 2 atom stereocenters. The van der Waals surface area contributed by atoms with E-state index in [0.29, 0.717) is 12.3 Å². The van der Waals surface area contributed by atoms with Crippen molar-refractivity contribution in [3.8, 4) is 0 Å². The summed E-state index contributed by atoms with van der Waals surface area (Å²) in [6, 6.07) is 4.29. The molecule has 140 valence electrons. The Balaban J connectivity index is 0.00000529. The Labute approximate surface area is 167 Å². The zero-order chi connectivity index (χ0) is 17.3. The molecule has 0 fully saturated rings. The number of thiophene rings is 1. The number of nitrogens with zero attached hydrogens (tertiary/aromatic N) is 1. The van der Waals surface area contributed by atoms with Crippen LogP contribution in [0.4, 0.5) is 0 Å². The Bertz CT molecular complexity index is 574. The molecule has 0 amide bonds. The Morgan fingerprint density at radius 3 is 2.62 bits per heavy atom. The average molecular weight is 487 g/mol. The van der Waals surface area contributed by atoms with Gasteiger partial charge in [0.1, 0.15) is 9.84 Å². The summed E-state index contributed by atoms with van der Waals surface area (Å²) in [5.74, 6) is 1.41. The van der Waals surface area contributed by atoms with Crippen LogP contribution in [0.2, 0.25) is 0 Å². The highest BCUT2D eigenvalue weighted by molar-refractivity contribution is 14.0. The fourth-order valence-corrected chi connectivity index (χ4v) is 3.75. The Kier molecular flexibility index (Phi) is 11.9. The molecule has 0 aliphatic heterocycles. The zero-order valence-electron chi connectivity index (χ0n) is 14.9. The number of halogens is 1. The third kappa shape index (κ3) is 11.2. The third-order valence-electron chi connectivity index (χ3n) is 3.34. The quantitative estimate of drug-likeness (QED) is 0.319. The summed E-state index contributed by atoms with van der Waals surface area (Å²) in [7, 11) is -2.92. The summed E-state index contributed by atoms with van der Waals surface area (Å²) in [6.07, 6.45) is 2.88. The lowest BCUT2D eigenvalue weighted by atomic mass is 10.1. The van der Waals surface area contributed by atoms with Crippen LogP contribution in [0.5, 0.6) is 0 Å². The van der Waals surface area contributed by atoms with E-state index < -0.39 is 9.84 Å². The van der Waals surface area contributed by atoms with E-state index in [1.54, 1.807) is 11.3 Å². The predicted octanol–water partition coefficient (Wildman–Crippen LogP) is 2.92. The van der Waals surface area contributed by atoms with Gasteiger partial charge in [-0.05, 0) is 44.1 Å². The number of hydrogen-bond acceptors (Lipinski definition) is 4. The van der Waals surface area contributed by atoms with Gasteiger partial charge in [0.2, 0.25) is 0 Å². The molecule has 2 unspecified atom stereocenters. The Hall–Kier alpha value is -0.350. The van der Waals surface area contributed by atoms with Gasteiger partial charge in [-0.15, -0.1) is 35.3 Å². The molecule has 24 heavy (non-hydrogen) atoms. The van der Waals surface area contributed by atoms with E-state index in [4.69, 9.17) is 0 Å². The van der Waals surface area contributed by atoms with Gasteiger partial charge in [0.15, 0.2) is 5.96 Å². The maximum absolute atomic E-state index is 11.2. The van der Waals surface area contributed by atoms with Crippen molar-refractivity contribution in [3.63, 3.8) is 0 Å². The van der Waals surface area contributed by atoms with Gasteiger partial charge in [0, 0.05) is 30.3 Å². The highest BCUT2D eigenvalue weighted by atomic mass is 127. The fraction of sp³-hybridized carbons (Fsp3) is 0.688. The predicted molar refractivity (Wildman–Crippen MR) is 116 cm³/mol. The minimum atomic E-state index is -2.92. The standard InChI is InChI=1S/C16H29N3O2S2.HI/c1-5-17-16(19-14(3)8-10-23(4,20)21)18-12-13(2)11-15-7-6-9-22-15;/h6-7,9,13-14H,5,8,10-12H2,1-4H3,(H2,17,18,19);1H. The summed E-state index contributed by atoms with van der Waals surface area (Å²) in [6.45, 7) is 7.72. The first-order valence-electron chi connectivity index (χ1n) is 8.05. The zero-order valence-corrected chi connectivity index (χ0v) is 18.9. The van der Waals surface area contributed by atoms with Crippen molar-refractivity contribution in [2.75, 3.05) is 25.1 Å². The molecule has 1 aromatic heterocycles. The Morgan fingerprint density at radius 2 is 2.08 bits per heavy atom. The van der Waals surface area contributed by atoms with Crippen LogP contribution in [-0.2, 0) is 16.3 Å². The van der Waals surface area contributed by atoms with E-state index in [1.165, 1.54) is 11.1 Å². The number of guanidine groups is 1. The van der Waals surface area contributed by atoms with Gasteiger partial charge < -0.3 is 10.6 Å². The van der Waals surface area contributed by atoms with Crippen LogP contribution in [0.3, 0.4) is 0 Å². The van der Waals surface area contributed by atoms with Gasteiger partial charge in [-0.2, -0.15) is 0 Å². The molecule has 1 aromatic rings. The first-order chi connectivity index (χ1) is 10.8. The average Bonchev–Trinajstić information content (AvgIpc) is 2.95. The third-order valence-corrected chi connectivity index (χ3v) is 5.22. The molecule has 0 aliphatic carbocycles. The summed E-state index contributed by atoms with van der Waals surface area (Å²) in [5, 5.41) is 8.60. The molecular weight excluding hydrogens is 457 g/mol. The molecule has 0 spiro atoms. The second kappa shape index (κ2) is 12.1. The van der Waals surface area contributed by atoms with Crippen LogP contribution in [0, 0.1) is 5.92 Å². The molecule has 0 bridgehead atoms. The normalized spacial score (nSPS) is 14.6. The van der Waals surface area contributed by atoms with Crippen LogP contribution in [0.25, 0.3) is 0 Å². The lowest BCUT2D eigenvalue weighted by Crippen LogP contribution is -2.43. The minimum absolute atomic E-state index is 0. The Morgan fingerprint density at radius 1 is 1.38 bits per heavy atom. The number of rotatable bonds is 9. The monoisotopic (exact) mass is 487 g/mol. The fourth-order valence-electron chi connectivity index (χ4n) is 2.10. The van der Waals surface area contributed by atoms with Crippen LogP contribution >= 0.6 is 35.3 Å². The number of hydrogen-bond donors (Lipinski definition) is 2. The number of sulfone groups is 1. The SMILES string of the molecule is CCNC(=NCC(C)Cc1cccs1)NC(C)CCS(C)(=O)=O.I. The summed E-state index contributed by atoms with van der Waals surface area (Å²) >= 11 is 1.78. The van der Waals surface area contributed by atoms with Crippen molar-refractivity contribution in [3.05, 3.63) is 22.4 Å². The summed E-state index contributed by atoms with van der Waals surface area (Å²) in [5.41, 5.74) is 0. The molecule has 1 heterocycles. The van der Waals surface area contributed by atoms with Crippen LogP contribution in [-0.4, -0.2) is 45.5 Å². The van der Waals surface area contributed by atoms with Crippen molar-refractivity contribution in [2.45, 2.75) is 39.7 Å². The van der Waals surface area contributed by atoms with Crippen LogP contribution in [0.1, 0.15) is 32.1 Å². The highest BCUT2D eigenvalue weighted by Crippen LogP contribution is 2.14. The van der Waals surface area contributed by atoms with Crippen molar-refractivity contribution >= 4 is 51.1 Å². The van der Waals surface area contributed by atoms with Crippen molar-refractivity contribution in [1.82, 2.24) is 10.6 Å². The lowest BCUT2D eigenvalue weighted by Gasteiger charge is -2.18.